The fourth-order valence-electron chi connectivity index (χ4n) is 1.76. The quantitative estimate of drug-likeness (QED) is 0.776. The van der Waals surface area contributed by atoms with Gasteiger partial charge in [-0.25, -0.2) is 4.79 Å². The highest BCUT2D eigenvalue weighted by Crippen LogP contribution is 2.22. The summed E-state index contributed by atoms with van der Waals surface area (Å²) in [6, 6.07) is 13.0. The molecule has 18 heavy (non-hydrogen) atoms. The molecule has 2 amide bonds. The maximum absolute atomic E-state index is 11.7. The second kappa shape index (κ2) is 5.51. The van der Waals surface area contributed by atoms with Crippen LogP contribution in [0.2, 0.25) is 0 Å². The lowest BCUT2D eigenvalue weighted by Gasteiger charge is -2.13. The Bertz CT molecular complexity index is 549. The van der Waals surface area contributed by atoms with E-state index in [0.717, 1.165) is 16.5 Å². The third kappa shape index (κ3) is 2.78. The van der Waals surface area contributed by atoms with Gasteiger partial charge in [-0.05, 0) is 18.4 Å². The van der Waals surface area contributed by atoms with Gasteiger partial charge in [-0.15, -0.1) is 0 Å². The molecule has 0 aliphatic heterocycles. The Morgan fingerprint density at radius 3 is 2.72 bits per heavy atom. The van der Waals surface area contributed by atoms with E-state index in [0.29, 0.717) is 0 Å². The lowest BCUT2D eigenvalue weighted by atomic mass is 10.1. The van der Waals surface area contributed by atoms with Crippen molar-refractivity contribution in [1.82, 2.24) is 5.32 Å². The van der Waals surface area contributed by atoms with Crippen molar-refractivity contribution in [3.8, 4) is 0 Å². The number of nitrogens with one attached hydrogen (secondary N) is 2. The standard InChI is InChI=1S/C14H16N2O2/c1-10(9-17)15-14(18)16-13-8-4-6-11-5-2-3-7-12(11)13/h2-8,10,17H,9H2,1H3,(H2,15,16,18)/t10-/m1/s1. The van der Waals surface area contributed by atoms with Crippen molar-refractivity contribution in [2.75, 3.05) is 11.9 Å². The Morgan fingerprint density at radius 1 is 1.22 bits per heavy atom. The minimum atomic E-state index is -0.312. The van der Waals surface area contributed by atoms with Gasteiger partial charge in [0.15, 0.2) is 0 Å². The Labute approximate surface area is 106 Å². The van der Waals surface area contributed by atoms with Gasteiger partial charge in [-0.3, -0.25) is 0 Å². The van der Waals surface area contributed by atoms with E-state index >= 15 is 0 Å². The van der Waals surface area contributed by atoms with Crippen LogP contribution in [0.1, 0.15) is 6.92 Å². The first-order valence-electron chi connectivity index (χ1n) is 5.87. The van der Waals surface area contributed by atoms with Gasteiger partial charge in [0.25, 0.3) is 0 Å². The van der Waals surface area contributed by atoms with Crippen LogP contribution in [0.4, 0.5) is 10.5 Å². The van der Waals surface area contributed by atoms with E-state index in [9.17, 15) is 4.79 Å². The average Bonchev–Trinajstić information content (AvgIpc) is 2.39. The number of rotatable bonds is 3. The van der Waals surface area contributed by atoms with Crippen LogP contribution < -0.4 is 10.6 Å². The predicted molar refractivity (Wildman–Crippen MR) is 72.7 cm³/mol. The van der Waals surface area contributed by atoms with Crippen molar-refractivity contribution in [1.29, 1.82) is 0 Å². The molecule has 0 radical (unpaired) electrons. The SMILES string of the molecule is C[C@H](CO)NC(=O)Nc1cccc2ccccc12. The Morgan fingerprint density at radius 2 is 1.94 bits per heavy atom. The molecule has 2 rings (SSSR count). The van der Waals surface area contributed by atoms with Gasteiger partial charge in [0.05, 0.1) is 18.3 Å². The molecule has 0 bridgehead atoms. The number of amides is 2. The zero-order chi connectivity index (χ0) is 13.0. The molecule has 0 aromatic heterocycles. The summed E-state index contributed by atoms with van der Waals surface area (Å²) in [5.74, 6) is 0. The number of fused-ring (bicyclic) bond motifs is 1. The summed E-state index contributed by atoms with van der Waals surface area (Å²) in [4.78, 5) is 11.7. The molecule has 0 unspecified atom stereocenters. The monoisotopic (exact) mass is 244 g/mol. The number of hydrogen-bond acceptors (Lipinski definition) is 2. The highest BCUT2D eigenvalue weighted by atomic mass is 16.3. The summed E-state index contributed by atoms with van der Waals surface area (Å²) in [6.07, 6.45) is 0. The molecule has 4 nitrogen and oxygen atoms in total. The molecule has 2 aromatic rings. The number of carbonyl (C=O) groups excluding carboxylic acids is 1. The number of anilines is 1. The molecule has 2 aromatic carbocycles. The van der Waals surface area contributed by atoms with Crippen molar-refractivity contribution in [3.63, 3.8) is 0 Å². The lowest BCUT2D eigenvalue weighted by molar-refractivity contribution is 0.229. The predicted octanol–water partition coefficient (Wildman–Crippen LogP) is 2.34. The number of benzene rings is 2. The second-order valence-electron chi connectivity index (χ2n) is 4.21. The van der Waals surface area contributed by atoms with E-state index in [4.69, 9.17) is 5.11 Å². The number of carbonyl (C=O) groups is 1. The van der Waals surface area contributed by atoms with Crippen LogP contribution in [0.15, 0.2) is 42.5 Å². The van der Waals surface area contributed by atoms with Crippen LogP contribution in [0, 0.1) is 0 Å². The van der Waals surface area contributed by atoms with Gasteiger partial charge < -0.3 is 15.7 Å². The third-order valence-corrected chi connectivity index (χ3v) is 2.69. The molecular formula is C14H16N2O2. The summed E-state index contributed by atoms with van der Waals surface area (Å²) in [5, 5.41) is 16.4. The normalized spacial score (nSPS) is 12.1. The highest BCUT2D eigenvalue weighted by molar-refractivity contribution is 6.01. The zero-order valence-corrected chi connectivity index (χ0v) is 10.2. The smallest absolute Gasteiger partial charge is 0.319 e. The molecule has 3 N–H and O–H groups in total. The van der Waals surface area contributed by atoms with E-state index in [1.807, 2.05) is 42.5 Å². The third-order valence-electron chi connectivity index (χ3n) is 2.69. The van der Waals surface area contributed by atoms with Crippen LogP contribution in [0.25, 0.3) is 10.8 Å². The Kier molecular flexibility index (Phi) is 3.79. The average molecular weight is 244 g/mol. The Balaban J connectivity index is 2.19. The Hall–Kier alpha value is -2.07. The maximum Gasteiger partial charge on any atom is 0.319 e. The van der Waals surface area contributed by atoms with Crippen LogP contribution in [0.3, 0.4) is 0 Å². The van der Waals surface area contributed by atoms with Crippen molar-refractivity contribution in [2.45, 2.75) is 13.0 Å². The van der Waals surface area contributed by atoms with E-state index in [2.05, 4.69) is 10.6 Å². The van der Waals surface area contributed by atoms with Crippen LogP contribution in [-0.4, -0.2) is 23.8 Å². The summed E-state index contributed by atoms with van der Waals surface area (Å²) >= 11 is 0. The minimum absolute atomic E-state index is 0.0804. The molecule has 94 valence electrons. The van der Waals surface area contributed by atoms with Crippen LogP contribution in [0.5, 0.6) is 0 Å². The van der Waals surface area contributed by atoms with Crippen LogP contribution in [-0.2, 0) is 0 Å². The maximum atomic E-state index is 11.7. The summed E-state index contributed by atoms with van der Waals surface area (Å²) in [5.41, 5.74) is 0.760. The van der Waals surface area contributed by atoms with E-state index in [-0.39, 0.29) is 18.7 Å². The second-order valence-corrected chi connectivity index (χ2v) is 4.21. The van der Waals surface area contributed by atoms with E-state index in [1.165, 1.54) is 0 Å². The van der Waals surface area contributed by atoms with Gasteiger partial charge in [-0.1, -0.05) is 36.4 Å². The first kappa shape index (κ1) is 12.4. The summed E-state index contributed by atoms with van der Waals surface area (Å²) in [6.45, 7) is 1.66. The molecule has 4 heteroatoms. The summed E-state index contributed by atoms with van der Waals surface area (Å²) < 4.78 is 0. The molecule has 1 atom stereocenters. The molecule has 0 aliphatic carbocycles. The van der Waals surface area contributed by atoms with Crippen molar-refractivity contribution >= 4 is 22.5 Å². The van der Waals surface area contributed by atoms with Gasteiger partial charge in [0.2, 0.25) is 0 Å². The molecular weight excluding hydrogens is 228 g/mol. The first-order chi connectivity index (χ1) is 8.70. The molecule has 0 fully saturated rings. The van der Waals surface area contributed by atoms with Crippen LogP contribution >= 0.6 is 0 Å². The van der Waals surface area contributed by atoms with Crippen molar-refractivity contribution in [2.24, 2.45) is 0 Å². The van der Waals surface area contributed by atoms with E-state index in [1.54, 1.807) is 6.92 Å². The van der Waals surface area contributed by atoms with Crippen molar-refractivity contribution < 1.29 is 9.90 Å². The highest BCUT2D eigenvalue weighted by Gasteiger charge is 2.07. The number of aliphatic hydroxyl groups excluding tert-OH is 1. The molecule has 0 saturated heterocycles. The zero-order valence-electron chi connectivity index (χ0n) is 10.2. The molecule has 0 saturated carbocycles. The number of urea groups is 1. The van der Waals surface area contributed by atoms with E-state index < -0.39 is 0 Å². The largest absolute Gasteiger partial charge is 0.394 e. The van der Waals surface area contributed by atoms with Gasteiger partial charge in [-0.2, -0.15) is 0 Å². The van der Waals surface area contributed by atoms with Gasteiger partial charge in [0.1, 0.15) is 0 Å². The molecule has 0 spiro atoms. The van der Waals surface area contributed by atoms with Crippen molar-refractivity contribution in [3.05, 3.63) is 42.5 Å². The summed E-state index contributed by atoms with van der Waals surface area (Å²) in [7, 11) is 0. The molecule has 0 heterocycles. The lowest BCUT2D eigenvalue weighted by Crippen LogP contribution is -2.38. The topological polar surface area (TPSA) is 61.4 Å². The number of aliphatic hydroxyl groups is 1. The number of hydrogen-bond donors (Lipinski definition) is 3. The molecule has 0 aliphatic rings. The minimum Gasteiger partial charge on any atom is -0.394 e. The fraction of sp³-hybridized carbons (Fsp3) is 0.214. The first-order valence-corrected chi connectivity index (χ1v) is 5.87. The van der Waals surface area contributed by atoms with Gasteiger partial charge >= 0.3 is 6.03 Å². The fourth-order valence-corrected chi connectivity index (χ4v) is 1.76. The van der Waals surface area contributed by atoms with Gasteiger partial charge in [0, 0.05) is 5.39 Å².